The molecule has 0 saturated heterocycles. The molecule has 0 saturated carbocycles. The number of nitrogens with one attached hydrogen (secondary N) is 3. The molecule has 0 atom stereocenters. The number of halogens is 1. The summed E-state index contributed by atoms with van der Waals surface area (Å²) in [6, 6.07) is 15.6. The van der Waals surface area contributed by atoms with E-state index in [4.69, 9.17) is 0 Å². The van der Waals surface area contributed by atoms with Crippen molar-refractivity contribution in [3.63, 3.8) is 0 Å². The Hall–Kier alpha value is -4.20. The van der Waals surface area contributed by atoms with Gasteiger partial charge in [0.05, 0.1) is 11.2 Å². The SMILES string of the molecule is CNc1cc2c(cn1)cc(-c1cc(NC(=O)NCCc3ccccc3)c(F)cc1C)c(=O)n2C. The Labute approximate surface area is 196 Å². The van der Waals surface area contributed by atoms with E-state index in [-0.39, 0.29) is 11.2 Å². The van der Waals surface area contributed by atoms with Crippen molar-refractivity contribution in [1.82, 2.24) is 14.9 Å². The Morgan fingerprint density at radius 1 is 1.09 bits per heavy atom. The van der Waals surface area contributed by atoms with Crippen molar-refractivity contribution >= 4 is 28.4 Å². The molecule has 2 heterocycles. The van der Waals surface area contributed by atoms with Crippen molar-refractivity contribution < 1.29 is 9.18 Å². The summed E-state index contributed by atoms with van der Waals surface area (Å²) in [6.07, 6.45) is 2.34. The molecule has 0 radical (unpaired) electrons. The third kappa shape index (κ3) is 4.76. The van der Waals surface area contributed by atoms with Gasteiger partial charge in [0.15, 0.2) is 0 Å². The van der Waals surface area contributed by atoms with Gasteiger partial charge in [-0.1, -0.05) is 30.3 Å². The number of hydrogen-bond donors (Lipinski definition) is 3. The first-order chi connectivity index (χ1) is 16.4. The van der Waals surface area contributed by atoms with E-state index in [9.17, 15) is 14.0 Å². The maximum Gasteiger partial charge on any atom is 0.319 e. The number of rotatable bonds is 6. The van der Waals surface area contributed by atoms with E-state index in [0.717, 1.165) is 16.5 Å². The predicted molar refractivity (Wildman–Crippen MR) is 134 cm³/mol. The van der Waals surface area contributed by atoms with E-state index < -0.39 is 11.8 Å². The molecule has 4 aromatic rings. The smallest absolute Gasteiger partial charge is 0.319 e. The fourth-order valence-electron chi connectivity index (χ4n) is 3.88. The Morgan fingerprint density at radius 2 is 1.85 bits per heavy atom. The van der Waals surface area contributed by atoms with Crippen molar-refractivity contribution in [1.29, 1.82) is 0 Å². The number of fused-ring (bicyclic) bond motifs is 1. The standard InChI is InChI=1S/C26H26FN5O2/c1-16-11-21(27)22(31-26(34)29-10-9-17-7-5-4-6-8-17)13-19(16)20-12-18-15-30-24(28-2)14-23(18)32(3)25(20)33/h4-8,11-15H,9-10H2,1-3H3,(H,28,30)(H2,29,31,34). The van der Waals surface area contributed by atoms with Gasteiger partial charge in [0, 0.05) is 43.9 Å². The molecule has 174 valence electrons. The lowest BCUT2D eigenvalue weighted by molar-refractivity contribution is 0.252. The summed E-state index contributed by atoms with van der Waals surface area (Å²) in [5.74, 6) is 0.0791. The van der Waals surface area contributed by atoms with Gasteiger partial charge in [0.25, 0.3) is 5.56 Å². The van der Waals surface area contributed by atoms with Gasteiger partial charge in [0.1, 0.15) is 11.6 Å². The molecule has 0 bridgehead atoms. The number of anilines is 2. The first-order valence-electron chi connectivity index (χ1n) is 10.9. The summed E-state index contributed by atoms with van der Waals surface area (Å²) < 4.78 is 16.2. The van der Waals surface area contributed by atoms with E-state index in [0.29, 0.717) is 35.5 Å². The lowest BCUT2D eigenvalue weighted by Gasteiger charge is -2.14. The van der Waals surface area contributed by atoms with Crippen LogP contribution in [0.4, 0.5) is 20.7 Å². The average molecular weight is 460 g/mol. The second kappa shape index (κ2) is 9.74. The van der Waals surface area contributed by atoms with Gasteiger partial charge in [-0.2, -0.15) is 0 Å². The van der Waals surface area contributed by atoms with E-state index >= 15 is 0 Å². The van der Waals surface area contributed by atoms with Crippen LogP contribution < -0.4 is 21.5 Å². The number of urea groups is 1. The summed E-state index contributed by atoms with van der Waals surface area (Å²) >= 11 is 0. The largest absolute Gasteiger partial charge is 0.373 e. The molecule has 0 aliphatic rings. The molecule has 2 aromatic heterocycles. The number of hydrogen-bond acceptors (Lipinski definition) is 4. The maximum atomic E-state index is 14.7. The van der Waals surface area contributed by atoms with Crippen LogP contribution >= 0.6 is 0 Å². The normalized spacial score (nSPS) is 10.8. The molecule has 4 rings (SSSR count). The van der Waals surface area contributed by atoms with Crippen LogP contribution in [0, 0.1) is 12.7 Å². The van der Waals surface area contributed by atoms with Gasteiger partial charge < -0.3 is 20.5 Å². The van der Waals surface area contributed by atoms with Crippen molar-refractivity contribution in [2.24, 2.45) is 7.05 Å². The van der Waals surface area contributed by atoms with Gasteiger partial charge in [-0.05, 0) is 48.2 Å². The Morgan fingerprint density at radius 3 is 2.59 bits per heavy atom. The number of pyridine rings is 2. The maximum absolute atomic E-state index is 14.7. The summed E-state index contributed by atoms with van der Waals surface area (Å²) in [5, 5.41) is 9.04. The quantitative estimate of drug-likeness (QED) is 0.397. The second-order valence-electron chi connectivity index (χ2n) is 8.06. The fraction of sp³-hybridized carbons (Fsp3) is 0.192. The first-order valence-corrected chi connectivity index (χ1v) is 10.9. The molecule has 0 unspecified atom stereocenters. The lowest BCUT2D eigenvalue weighted by atomic mass is 9.99. The number of nitrogens with zero attached hydrogens (tertiary/aromatic N) is 2. The molecule has 0 aliphatic carbocycles. The Balaban J connectivity index is 1.60. The number of amides is 2. The third-order valence-corrected chi connectivity index (χ3v) is 5.76. The molecule has 0 fully saturated rings. The highest BCUT2D eigenvalue weighted by Gasteiger charge is 2.16. The molecule has 0 aliphatic heterocycles. The summed E-state index contributed by atoms with van der Waals surface area (Å²) in [5.41, 5.74) is 3.13. The molecular weight excluding hydrogens is 433 g/mol. The first kappa shape index (κ1) is 23.0. The van der Waals surface area contributed by atoms with Gasteiger partial charge in [-0.15, -0.1) is 0 Å². The van der Waals surface area contributed by atoms with Gasteiger partial charge >= 0.3 is 6.03 Å². The van der Waals surface area contributed by atoms with E-state index in [1.165, 1.54) is 12.1 Å². The summed E-state index contributed by atoms with van der Waals surface area (Å²) in [6.45, 7) is 2.14. The Kier molecular flexibility index (Phi) is 6.58. The van der Waals surface area contributed by atoms with E-state index in [2.05, 4.69) is 20.9 Å². The zero-order chi connectivity index (χ0) is 24.2. The number of carbonyl (C=O) groups is 1. The number of aromatic nitrogens is 2. The highest BCUT2D eigenvalue weighted by atomic mass is 19.1. The molecule has 3 N–H and O–H groups in total. The highest BCUT2D eigenvalue weighted by Crippen LogP contribution is 2.29. The molecule has 7 nitrogen and oxygen atoms in total. The van der Waals surface area contributed by atoms with Gasteiger partial charge in [0.2, 0.25) is 0 Å². The second-order valence-corrected chi connectivity index (χ2v) is 8.06. The van der Waals surface area contributed by atoms with Crippen molar-refractivity contribution in [2.45, 2.75) is 13.3 Å². The third-order valence-electron chi connectivity index (χ3n) is 5.76. The van der Waals surface area contributed by atoms with Crippen LogP contribution in [0.3, 0.4) is 0 Å². The molecule has 2 amide bonds. The topological polar surface area (TPSA) is 88.1 Å². The minimum Gasteiger partial charge on any atom is -0.373 e. The van der Waals surface area contributed by atoms with Crippen LogP contribution in [0.15, 0.2) is 65.6 Å². The number of benzene rings is 2. The van der Waals surface area contributed by atoms with Crippen LogP contribution in [-0.4, -0.2) is 29.2 Å². The summed E-state index contributed by atoms with van der Waals surface area (Å²) in [4.78, 5) is 29.9. The zero-order valence-corrected chi connectivity index (χ0v) is 19.3. The minimum absolute atomic E-state index is 0.00335. The summed E-state index contributed by atoms with van der Waals surface area (Å²) in [7, 11) is 3.45. The van der Waals surface area contributed by atoms with Crippen molar-refractivity contribution in [3.05, 3.63) is 88.1 Å². The Bertz CT molecular complexity index is 1420. The highest BCUT2D eigenvalue weighted by molar-refractivity contribution is 5.91. The van der Waals surface area contributed by atoms with Gasteiger partial charge in [-0.3, -0.25) is 4.79 Å². The molecular formula is C26H26FN5O2. The molecule has 34 heavy (non-hydrogen) atoms. The molecule has 0 spiro atoms. The van der Waals surface area contributed by atoms with Crippen molar-refractivity contribution in [2.75, 3.05) is 24.2 Å². The van der Waals surface area contributed by atoms with Gasteiger partial charge in [-0.25, -0.2) is 14.2 Å². The lowest BCUT2D eigenvalue weighted by Crippen LogP contribution is -2.30. The zero-order valence-electron chi connectivity index (χ0n) is 19.3. The molecule has 2 aromatic carbocycles. The van der Waals surface area contributed by atoms with Crippen molar-refractivity contribution in [3.8, 4) is 11.1 Å². The van der Waals surface area contributed by atoms with Crippen LogP contribution in [0.1, 0.15) is 11.1 Å². The van der Waals surface area contributed by atoms with Crippen LogP contribution in [-0.2, 0) is 13.5 Å². The monoisotopic (exact) mass is 459 g/mol. The molecule has 8 heteroatoms. The minimum atomic E-state index is -0.572. The van der Waals surface area contributed by atoms with Crippen LogP contribution in [0.2, 0.25) is 0 Å². The van der Waals surface area contributed by atoms with E-state index in [1.54, 1.807) is 43.9 Å². The van der Waals surface area contributed by atoms with E-state index in [1.807, 2.05) is 30.3 Å². The predicted octanol–water partition coefficient (Wildman–Crippen LogP) is 4.45. The van der Waals surface area contributed by atoms with Crippen LogP contribution in [0.25, 0.3) is 22.0 Å². The number of carbonyl (C=O) groups excluding carboxylic acids is 1. The number of aryl methyl sites for hydroxylation is 2. The average Bonchev–Trinajstić information content (AvgIpc) is 2.84. The fourth-order valence-corrected chi connectivity index (χ4v) is 3.88. The van der Waals surface area contributed by atoms with Crippen LogP contribution in [0.5, 0.6) is 0 Å².